The molecule has 3 aromatic rings. The van der Waals surface area contributed by atoms with E-state index in [9.17, 15) is 0 Å². The second kappa shape index (κ2) is 4.14. The fraction of sp³-hybridized carbons (Fsp3) is 0.250. The van der Waals surface area contributed by atoms with Crippen LogP contribution >= 0.6 is 0 Å². The van der Waals surface area contributed by atoms with Gasteiger partial charge in [0.15, 0.2) is 5.82 Å². The second-order valence-corrected chi connectivity index (χ2v) is 4.23. The Balaban J connectivity index is 1.95. The molecule has 0 aliphatic heterocycles. The van der Waals surface area contributed by atoms with Crippen LogP contribution in [0.3, 0.4) is 0 Å². The summed E-state index contributed by atoms with van der Waals surface area (Å²) in [7, 11) is 0. The minimum Gasteiger partial charge on any atom is -0.359 e. The maximum absolute atomic E-state index is 4.36. The SMILES string of the molecule is Cc1cc2c(NC(C)c3ncc[nH]3)nccn2n1. The van der Waals surface area contributed by atoms with Crippen molar-refractivity contribution in [1.82, 2.24) is 24.6 Å². The average molecular weight is 242 g/mol. The van der Waals surface area contributed by atoms with Gasteiger partial charge in [0, 0.05) is 24.8 Å². The number of imidazole rings is 1. The monoisotopic (exact) mass is 242 g/mol. The molecule has 0 radical (unpaired) electrons. The lowest BCUT2D eigenvalue weighted by atomic mass is 10.3. The molecule has 3 heterocycles. The molecule has 1 atom stereocenters. The molecule has 0 bridgehead atoms. The van der Waals surface area contributed by atoms with Gasteiger partial charge in [-0.3, -0.25) is 0 Å². The van der Waals surface area contributed by atoms with Crippen LogP contribution in [-0.4, -0.2) is 24.6 Å². The van der Waals surface area contributed by atoms with Crippen LogP contribution in [0, 0.1) is 6.92 Å². The molecule has 0 saturated carbocycles. The lowest BCUT2D eigenvalue weighted by molar-refractivity contribution is 0.801. The molecule has 18 heavy (non-hydrogen) atoms. The molecule has 92 valence electrons. The number of aromatic amines is 1. The highest BCUT2D eigenvalue weighted by Crippen LogP contribution is 2.19. The van der Waals surface area contributed by atoms with Crippen molar-refractivity contribution in [3.05, 3.63) is 42.4 Å². The summed E-state index contributed by atoms with van der Waals surface area (Å²) in [6, 6.07) is 2.07. The van der Waals surface area contributed by atoms with Gasteiger partial charge in [0.25, 0.3) is 0 Å². The highest BCUT2D eigenvalue weighted by atomic mass is 15.2. The Morgan fingerprint density at radius 1 is 1.33 bits per heavy atom. The van der Waals surface area contributed by atoms with Gasteiger partial charge < -0.3 is 10.3 Å². The summed E-state index contributed by atoms with van der Waals surface area (Å²) in [6.07, 6.45) is 7.12. The molecule has 0 fully saturated rings. The molecule has 2 N–H and O–H groups in total. The standard InChI is InChI=1S/C12H14N6/c1-8-7-10-12(15-5-6-18(10)17-8)16-9(2)11-13-3-4-14-11/h3-7,9H,1-2H3,(H,13,14)(H,15,16). The summed E-state index contributed by atoms with van der Waals surface area (Å²) in [6.45, 7) is 4.00. The van der Waals surface area contributed by atoms with E-state index in [1.54, 1.807) is 12.4 Å². The fourth-order valence-electron chi connectivity index (χ4n) is 1.94. The maximum atomic E-state index is 4.36. The number of rotatable bonds is 3. The molecular formula is C12H14N6. The van der Waals surface area contributed by atoms with Crippen molar-refractivity contribution in [2.75, 3.05) is 5.32 Å². The van der Waals surface area contributed by atoms with Gasteiger partial charge in [-0.2, -0.15) is 5.10 Å². The van der Waals surface area contributed by atoms with Gasteiger partial charge in [-0.15, -0.1) is 0 Å². The Labute approximate surface area is 104 Å². The van der Waals surface area contributed by atoms with Crippen molar-refractivity contribution in [3.8, 4) is 0 Å². The topological polar surface area (TPSA) is 70.9 Å². The number of nitrogens with zero attached hydrogens (tertiary/aromatic N) is 4. The number of fused-ring (bicyclic) bond motifs is 1. The molecule has 0 spiro atoms. The van der Waals surface area contributed by atoms with Crippen LogP contribution in [0.5, 0.6) is 0 Å². The number of aromatic nitrogens is 5. The number of anilines is 1. The van der Waals surface area contributed by atoms with E-state index in [0.29, 0.717) is 0 Å². The Kier molecular flexibility index (Phi) is 2.47. The van der Waals surface area contributed by atoms with Crippen molar-refractivity contribution in [2.24, 2.45) is 0 Å². The highest BCUT2D eigenvalue weighted by molar-refractivity contribution is 5.68. The summed E-state index contributed by atoms with van der Waals surface area (Å²) in [5, 5.41) is 7.69. The molecule has 1 unspecified atom stereocenters. The van der Waals surface area contributed by atoms with E-state index < -0.39 is 0 Å². The number of hydrogen-bond acceptors (Lipinski definition) is 4. The van der Waals surface area contributed by atoms with Crippen molar-refractivity contribution in [3.63, 3.8) is 0 Å². The van der Waals surface area contributed by atoms with Crippen LogP contribution in [0.1, 0.15) is 24.5 Å². The number of nitrogens with one attached hydrogen (secondary N) is 2. The molecule has 3 rings (SSSR count). The molecular weight excluding hydrogens is 228 g/mol. The first-order valence-electron chi connectivity index (χ1n) is 5.81. The maximum Gasteiger partial charge on any atom is 0.152 e. The normalized spacial score (nSPS) is 12.8. The number of aryl methyl sites for hydroxylation is 1. The molecule has 0 aromatic carbocycles. The molecule has 6 nitrogen and oxygen atoms in total. The fourth-order valence-corrected chi connectivity index (χ4v) is 1.94. The van der Waals surface area contributed by atoms with Gasteiger partial charge in [0.1, 0.15) is 11.3 Å². The molecule has 0 saturated heterocycles. The van der Waals surface area contributed by atoms with Crippen LogP contribution in [0.4, 0.5) is 5.82 Å². The van der Waals surface area contributed by atoms with Crippen LogP contribution in [0.2, 0.25) is 0 Å². The van der Waals surface area contributed by atoms with Crippen LogP contribution in [0.15, 0.2) is 30.9 Å². The first-order valence-corrected chi connectivity index (χ1v) is 5.81. The van der Waals surface area contributed by atoms with E-state index in [1.807, 2.05) is 36.8 Å². The largest absolute Gasteiger partial charge is 0.359 e. The third-order valence-corrected chi connectivity index (χ3v) is 2.79. The van der Waals surface area contributed by atoms with E-state index in [1.165, 1.54) is 0 Å². The predicted octanol–water partition coefficient (Wildman–Crippen LogP) is 1.93. The van der Waals surface area contributed by atoms with Crippen molar-refractivity contribution < 1.29 is 0 Å². The van der Waals surface area contributed by atoms with E-state index in [4.69, 9.17) is 0 Å². The minimum absolute atomic E-state index is 0.0638. The minimum atomic E-state index is 0.0638. The van der Waals surface area contributed by atoms with Gasteiger partial charge in [-0.05, 0) is 19.9 Å². The quantitative estimate of drug-likeness (QED) is 0.736. The van der Waals surface area contributed by atoms with E-state index in [-0.39, 0.29) is 6.04 Å². The van der Waals surface area contributed by atoms with Crippen LogP contribution in [-0.2, 0) is 0 Å². The third kappa shape index (κ3) is 1.81. The molecule has 3 aromatic heterocycles. The Morgan fingerprint density at radius 3 is 3.00 bits per heavy atom. The Morgan fingerprint density at radius 2 is 2.22 bits per heavy atom. The highest BCUT2D eigenvalue weighted by Gasteiger charge is 2.11. The zero-order valence-corrected chi connectivity index (χ0v) is 10.3. The summed E-state index contributed by atoms with van der Waals surface area (Å²) in [5.74, 6) is 1.69. The van der Waals surface area contributed by atoms with Gasteiger partial charge in [0.05, 0.1) is 11.7 Å². The molecule has 6 heteroatoms. The Bertz CT molecular complexity index is 654. The lowest BCUT2D eigenvalue weighted by Crippen LogP contribution is -2.10. The summed E-state index contributed by atoms with van der Waals surface area (Å²) >= 11 is 0. The summed E-state index contributed by atoms with van der Waals surface area (Å²) in [4.78, 5) is 11.7. The summed E-state index contributed by atoms with van der Waals surface area (Å²) < 4.78 is 1.82. The van der Waals surface area contributed by atoms with E-state index in [2.05, 4.69) is 25.4 Å². The van der Waals surface area contributed by atoms with Gasteiger partial charge in [-0.25, -0.2) is 14.5 Å². The zero-order chi connectivity index (χ0) is 12.5. The van der Waals surface area contributed by atoms with Crippen molar-refractivity contribution in [2.45, 2.75) is 19.9 Å². The smallest absolute Gasteiger partial charge is 0.152 e. The van der Waals surface area contributed by atoms with Gasteiger partial charge in [-0.1, -0.05) is 0 Å². The first-order chi connectivity index (χ1) is 8.74. The van der Waals surface area contributed by atoms with Crippen molar-refractivity contribution in [1.29, 1.82) is 0 Å². The molecule has 0 aliphatic rings. The lowest BCUT2D eigenvalue weighted by Gasteiger charge is -2.12. The van der Waals surface area contributed by atoms with E-state index in [0.717, 1.165) is 22.9 Å². The van der Waals surface area contributed by atoms with E-state index >= 15 is 0 Å². The third-order valence-electron chi connectivity index (χ3n) is 2.79. The average Bonchev–Trinajstić information content (AvgIpc) is 2.96. The van der Waals surface area contributed by atoms with Crippen LogP contribution in [0.25, 0.3) is 5.52 Å². The predicted molar refractivity (Wildman–Crippen MR) is 68.3 cm³/mol. The zero-order valence-electron chi connectivity index (χ0n) is 10.3. The van der Waals surface area contributed by atoms with Gasteiger partial charge >= 0.3 is 0 Å². The molecule has 0 aliphatic carbocycles. The number of hydrogen-bond donors (Lipinski definition) is 2. The van der Waals surface area contributed by atoms with Crippen LogP contribution < -0.4 is 5.32 Å². The summed E-state index contributed by atoms with van der Waals surface area (Å²) in [5.41, 5.74) is 1.94. The first kappa shape index (κ1) is 10.8. The van der Waals surface area contributed by atoms with Gasteiger partial charge in [0.2, 0.25) is 0 Å². The van der Waals surface area contributed by atoms with Crippen molar-refractivity contribution >= 4 is 11.3 Å². The number of H-pyrrole nitrogens is 1. The Hall–Kier alpha value is -2.37. The second-order valence-electron chi connectivity index (χ2n) is 4.23. The molecule has 0 amide bonds.